The Labute approximate surface area is 218 Å². The maximum Gasteiger partial charge on any atom is 0.134 e. The Bertz CT molecular complexity index is 1100. The molecule has 0 aliphatic rings. The normalized spacial score (nSPS) is 11.3. The second-order valence-corrected chi connectivity index (χ2v) is 12.9. The van der Waals surface area contributed by atoms with Crippen molar-refractivity contribution in [3.05, 3.63) is 113 Å². The second-order valence-electron chi connectivity index (χ2n) is 8.56. The van der Waals surface area contributed by atoms with Crippen LogP contribution < -0.4 is 25.4 Å². The van der Waals surface area contributed by atoms with Gasteiger partial charge < -0.3 is 9.47 Å². The molecule has 0 atom stereocenters. The van der Waals surface area contributed by atoms with E-state index in [0.717, 1.165) is 35.0 Å². The number of hydrogen-bond donors (Lipinski definition) is 0. The van der Waals surface area contributed by atoms with E-state index in [1.165, 1.54) is 21.5 Å². The highest BCUT2D eigenvalue weighted by molar-refractivity contribution is 9.10. The van der Waals surface area contributed by atoms with Crippen LogP contribution in [0.2, 0.25) is 0 Å². The van der Waals surface area contributed by atoms with Gasteiger partial charge >= 0.3 is 0 Å². The first kappa shape index (κ1) is 25.5. The quantitative estimate of drug-likeness (QED) is 0.181. The van der Waals surface area contributed by atoms with Gasteiger partial charge in [-0.15, -0.1) is 0 Å². The molecular weight excluding hydrogens is 515 g/mol. The van der Waals surface area contributed by atoms with E-state index >= 15 is 0 Å². The number of halogens is 1. The molecule has 180 valence electrons. The van der Waals surface area contributed by atoms with Gasteiger partial charge in [0.25, 0.3) is 0 Å². The van der Waals surface area contributed by atoms with Gasteiger partial charge in [0.2, 0.25) is 0 Å². The van der Waals surface area contributed by atoms with Crippen molar-refractivity contribution in [2.45, 2.75) is 32.9 Å². The Morgan fingerprint density at radius 2 is 1.03 bits per heavy atom. The van der Waals surface area contributed by atoms with Crippen LogP contribution in [0.3, 0.4) is 0 Å². The van der Waals surface area contributed by atoms with Gasteiger partial charge in [-0.1, -0.05) is 68.4 Å². The number of ether oxygens (including phenoxy) is 2. The standard InChI is InChI=1S/C31H33BrO2P/c1-3-20-33-30-23-29(32)31(34-21-4-2)22-25(30)24-35(26-14-8-5-9-15-26,27-16-10-6-11-17-27)28-18-12-7-13-19-28/h5-19,22-23H,3-4,20-21,24H2,1-2H3/q+1. The smallest absolute Gasteiger partial charge is 0.134 e. The highest BCUT2D eigenvalue weighted by Crippen LogP contribution is 2.59. The zero-order chi connectivity index (χ0) is 24.5. The highest BCUT2D eigenvalue weighted by atomic mass is 79.9. The fourth-order valence-electron chi connectivity index (χ4n) is 4.39. The van der Waals surface area contributed by atoms with E-state index < -0.39 is 7.26 Å². The Morgan fingerprint density at radius 1 is 0.600 bits per heavy atom. The minimum atomic E-state index is -2.05. The molecule has 0 saturated heterocycles. The van der Waals surface area contributed by atoms with Crippen molar-refractivity contribution < 1.29 is 9.47 Å². The third-order valence-corrected chi connectivity index (χ3v) is 11.0. The van der Waals surface area contributed by atoms with Crippen molar-refractivity contribution in [3.8, 4) is 11.5 Å². The maximum absolute atomic E-state index is 6.31. The van der Waals surface area contributed by atoms with Crippen LogP contribution in [0.5, 0.6) is 11.5 Å². The monoisotopic (exact) mass is 547 g/mol. The van der Waals surface area contributed by atoms with Crippen LogP contribution >= 0.6 is 23.2 Å². The minimum Gasteiger partial charge on any atom is -0.493 e. The Balaban J connectivity index is 1.96. The van der Waals surface area contributed by atoms with Crippen LogP contribution in [0, 0.1) is 0 Å². The summed E-state index contributed by atoms with van der Waals surface area (Å²) in [5.74, 6) is 1.80. The van der Waals surface area contributed by atoms with Crippen LogP contribution in [0.25, 0.3) is 0 Å². The van der Waals surface area contributed by atoms with Gasteiger partial charge in [0.1, 0.15) is 40.8 Å². The third kappa shape index (κ3) is 5.80. The lowest BCUT2D eigenvalue weighted by atomic mass is 10.2. The van der Waals surface area contributed by atoms with E-state index in [-0.39, 0.29) is 0 Å². The van der Waals surface area contributed by atoms with Gasteiger partial charge in [-0.3, -0.25) is 0 Å². The predicted molar refractivity (Wildman–Crippen MR) is 155 cm³/mol. The van der Waals surface area contributed by atoms with E-state index in [9.17, 15) is 0 Å². The Morgan fingerprint density at radius 3 is 1.46 bits per heavy atom. The molecule has 0 radical (unpaired) electrons. The largest absolute Gasteiger partial charge is 0.493 e. The molecule has 35 heavy (non-hydrogen) atoms. The van der Waals surface area contributed by atoms with Crippen molar-refractivity contribution >= 4 is 39.1 Å². The van der Waals surface area contributed by atoms with Crippen molar-refractivity contribution in [2.24, 2.45) is 0 Å². The molecule has 0 aliphatic carbocycles. The van der Waals surface area contributed by atoms with E-state index in [1.54, 1.807) is 0 Å². The summed E-state index contributed by atoms with van der Waals surface area (Å²) in [7, 11) is -2.05. The fraction of sp³-hybridized carbons (Fsp3) is 0.226. The van der Waals surface area contributed by atoms with Gasteiger partial charge in [-0.05, 0) is 77.3 Å². The second kappa shape index (κ2) is 12.4. The first-order chi connectivity index (χ1) is 17.2. The van der Waals surface area contributed by atoms with Crippen LogP contribution in [0.15, 0.2) is 108 Å². The topological polar surface area (TPSA) is 18.5 Å². The molecule has 0 bridgehead atoms. The fourth-order valence-corrected chi connectivity index (χ4v) is 9.07. The molecule has 0 spiro atoms. The number of rotatable bonds is 11. The molecule has 0 N–H and O–H groups in total. The van der Waals surface area contributed by atoms with Gasteiger partial charge in [-0.2, -0.15) is 0 Å². The van der Waals surface area contributed by atoms with Crippen molar-refractivity contribution in [1.82, 2.24) is 0 Å². The molecule has 0 unspecified atom stereocenters. The average Bonchev–Trinajstić information content (AvgIpc) is 2.92. The molecule has 4 aromatic rings. The summed E-state index contributed by atoms with van der Waals surface area (Å²) in [4.78, 5) is 0. The van der Waals surface area contributed by atoms with Crippen LogP contribution in [0.4, 0.5) is 0 Å². The maximum atomic E-state index is 6.31. The van der Waals surface area contributed by atoms with E-state index in [0.29, 0.717) is 13.2 Å². The summed E-state index contributed by atoms with van der Waals surface area (Å²) in [5.41, 5.74) is 1.18. The lowest BCUT2D eigenvalue weighted by molar-refractivity contribution is 0.305. The van der Waals surface area contributed by atoms with Crippen LogP contribution in [-0.4, -0.2) is 13.2 Å². The van der Waals surface area contributed by atoms with Crippen molar-refractivity contribution in [2.75, 3.05) is 13.2 Å². The molecule has 4 heteroatoms. The zero-order valence-electron chi connectivity index (χ0n) is 20.5. The van der Waals surface area contributed by atoms with Crippen LogP contribution in [0.1, 0.15) is 32.3 Å². The lowest BCUT2D eigenvalue weighted by Gasteiger charge is -2.28. The molecule has 2 nitrogen and oxygen atoms in total. The van der Waals surface area contributed by atoms with Crippen molar-refractivity contribution in [1.29, 1.82) is 0 Å². The number of benzene rings is 4. The molecule has 0 heterocycles. The summed E-state index contributed by atoms with van der Waals surface area (Å²) in [6, 6.07) is 37.2. The van der Waals surface area contributed by atoms with Crippen LogP contribution in [-0.2, 0) is 6.16 Å². The summed E-state index contributed by atoms with van der Waals surface area (Å²) in [6.07, 6.45) is 2.77. The van der Waals surface area contributed by atoms with Gasteiger partial charge in [0.15, 0.2) is 0 Å². The molecule has 4 aromatic carbocycles. The summed E-state index contributed by atoms with van der Waals surface area (Å²) < 4.78 is 13.4. The molecule has 0 aliphatic heterocycles. The predicted octanol–water partition coefficient (Wildman–Crippen LogP) is 7.52. The SMILES string of the molecule is CCCOc1cc(C[P+](c2ccccc2)(c2ccccc2)c2ccccc2)c(OCCC)cc1Br. The summed E-state index contributed by atoms with van der Waals surface area (Å²) in [6.45, 7) is 5.64. The average molecular weight is 548 g/mol. The molecule has 0 saturated carbocycles. The summed E-state index contributed by atoms with van der Waals surface area (Å²) >= 11 is 3.72. The van der Waals surface area contributed by atoms with Gasteiger partial charge in [0, 0.05) is 5.56 Å². The first-order valence-electron chi connectivity index (χ1n) is 12.3. The third-order valence-electron chi connectivity index (χ3n) is 6.04. The Hall–Kier alpha value is -2.61. The molecule has 0 fully saturated rings. The van der Waals surface area contributed by atoms with E-state index in [4.69, 9.17) is 9.47 Å². The minimum absolute atomic E-state index is 0.683. The van der Waals surface area contributed by atoms with E-state index in [1.807, 2.05) is 0 Å². The molecule has 4 rings (SSSR count). The molecule has 0 aromatic heterocycles. The Kier molecular flexibility index (Phi) is 9.01. The molecule has 0 amide bonds. The van der Waals surface area contributed by atoms with Gasteiger partial charge in [-0.25, -0.2) is 0 Å². The first-order valence-corrected chi connectivity index (χ1v) is 15.1. The zero-order valence-corrected chi connectivity index (χ0v) is 23.0. The molecular formula is C31H33BrO2P+. The highest BCUT2D eigenvalue weighted by Gasteiger charge is 2.46. The lowest BCUT2D eigenvalue weighted by Crippen LogP contribution is -2.32. The van der Waals surface area contributed by atoms with Crippen molar-refractivity contribution in [3.63, 3.8) is 0 Å². The van der Waals surface area contributed by atoms with E-state index in [2.05, 4.69) is 133 Å². The van der Waals surface area contributed by atoms with Gasteiger partial charge in [0.05, 0.1) is 17.7 Å². The number of hydrogen-bond acceptors (Lipinski definition) is 2. The summed E-state index contributed by atoms with van der Waals surface area (Å²) in [5, 5.41) is 4.08.